The topological polar surface area (TPSA) is 49.6 Å². The lowest BCUT2D eigenvalue weighted by Crippen LogP contribution is -1.97. The van der Waals surface area contributed by atoms with E-state index in [0.717, 1.165) is 21.8 Å². The lowest BCUT2D eigenvalue weighted by Gasteiger charge is -2.05. The highest BCUT2D eigenvalue weighted by molar-refractivity contribution is 7.10. The first-order chi connectivity index (χ1) is 9.88. The maximum atomic E-state index is 9.42. The number of hydrogen-bond acceptors (Lipinski definition) is 4. The van der Waals surface area contributed by atoms with Crippen LogP contribution in [-0.2, 0) is 0 Å². The van der Waals surface area contributed by atoms with Crippen molar-refractivity contribution in [2.45, 2.75) is 5.92 Å². The van der Waals surface area contributed by atoms with Gasteiger partial charge in [-0.2, -0.15) is 5.26 Å². The Labute approximate surface area is 121 Å². The van der Waals surface area contributed by atoms with Crippen molar-refractivity contribution >= 4 is 11.3 Å². The van der Waals surface area contributed by atoms with Crippen molar-refractivity contribution in [3.05, 3.63) is 70.8 Å². The van der Waals surface area contributed by atoms with E-state index in [-0.39, 0.29) is 5.92 Å². The van der Waals surface area contributed by atoms with Crippen molar-refractivity contribution in [3.8, 4) is 17.3 Å². The largest absolute Gasteiger partial charge is 0.265 e. The minimum absolute atomic E-state index is 0.309. The van der Waals surface area contributed by atoms with Gasteiger partial charge in [-0.05, 0) is 17.7 Å². The third-order valence-corrected chi connectivity index (χ3v) is 3.92. The third kappa shape index (κ3) is 2.44. The number of aromatic nitrogens is 2. The summed E-state index contributed by atoms with van der Waals surface area (Å²) < 4.78 is 0. The van der Waals surface area contributed by atoms with Crippen LogP contribution < -0.4 is 0 Å². The van der Waals surface area contributed by atoms with Crippen molar-refractivity contribution in [1.82, 2.24) is 9.97 Å². The van der Waals surface area contributed by atoms with Crippen LogP contribution in [0.2, 0.25) is 0 Å². The smallest absolute Gasteiger partial charge is 0.123 e. The Kier molecular flexibility index (Phi) is 3.53. The summed E-state index contributed by atoms with van der Waals surface area (Å²) in [6.07, 6.45) is 3.49. The summed E-state index contributed by atoms with van der Waals surface area (Å²) >= 11 is 1.52. The zero-order chi connectivity index (χ0) is 13.8. The molecule has 2 heterocycles. The van der Waals surface area contributed by atoms with Gasteiger partial charge in [-0.15, -0.1) is 11.3 Å². The number of rotatable bonds is 3. The molecule has 1 atom stereocenters. The summed E-state index contributed by atoms with van der Waals surface area (Å²) in [6.45, 7) is 0. The number of hydrogen-bond donors (Lipinski definition) is 0. The van der Waals surface area contributed by atoms with Crippen molar-refractivity contribution in [2.24, 2.45) is 0 Å². The molecule has 2 aromatic heterocycles. The molecular formula is C16H11N3S. The van der Waals surface area contributed by atoms with Gasteiger partial charge in [-0.1, -0.05) is 30.3 Å². The Morgan fingerprint density at radius 3 is 2.50 bits per heavy atom. The fourth-order valence-electron chi connectivity index (χ4n) is 1.99. The molecule has 20 heavy (non-hydrogen) atoms. The molecule has 4 heteroatoms. The molecule has 0 aliphatic rings. The Morgan fingerprint density at radius 1 is 1.05 bits per heavy atom. The molecule has 0 aliphatic carbocycles. The number of nitriles is 1. The van der Waals surface area contributed by atoms with Crippen LogP contribution in [0, 0.1) is 11.3 Å². The first-order valence-electron chi connectivity index (χ1n) is 6.19. The van der Waals surface area contributed by atoms with Crippen LogP contribution in [0.3, 0.4) is 0 Å². The molecule has 3 rings (SSSR count). The SMILES string of the molecule is N#CC(c1ccccc1)c1nc(-c2ccncc2)cs1. The van der Waals surface area contributed by atoms with E-state index in [1.165, 1.54) is 11.3 Å². The van der Waals surface area contributed by atoms with Crippen molar-refractivity contribution < 1.29 is 0 Å². The quantitative estimate of drug-likeness (QED) is 0.730. The van der Waals surface area contributed by atoms with E-state index in [1.807, 2.05) is 47.8 Å². The van der Waals surface area contributed by atoms with Crippen molar-refractivity contribution in [2.75, 3.05) is 0 Å². The van der Waals surface area contributed by atoms with Crippen molar-refractivity contribution in [3.63, 3.8) is 0 Å². The standard InChI is InChI=1S/C16H11N3S/c17-10-14(12-4-2-1-3-5-12)16-19-15(11-20-16)13-6-8-18-9-7-13/h1-9,11,14H. The zero-order valence-corrected chi connectivity index (χ0v) is 11.4. The van der Waals surface area contributed by atoms with Gasteiger partial charge in [0.1, 0.15) is 10.9 Å². The minimum atomic E-state index is -0.309. The highest BCUT2D eigenvalue weighted by Crippen LogP contribution is 2.30. The molecule has 96 valence electrons. The van der Waals surface area contributed by atoms with Gasteiger partial charge in [0.15, 0.2) is 0 Å². The summed E-state index contributed by atoms with van der Waals surface area (Å²) in [4.78, 5) is 8.60. The Bertz CT molecular complexity index is 729. The molecule has 3 aromatic rings. The van der Waals surface area contributed by atoms with Gasteiger partial charge in [0, 0.05) is 23.3 Å². The Morgan fingerprint density at radius 2 is 1.80 bits per heavy atom. The van der Waals surface area contributed by atoms with Gasteiger partial charge in [0.2, 0.25) is 0 Å². The molecule has 3 nitrogen and oxygen atoms in total. The summed E-state index contributed by atoms with van der Waals surface area (Å²) in [5, 5.41) is 12.2. The van der Waals surface area contributed by atoms with E-state index in [0.29, 0.717) is 0 Å². The molecule has 0 spiro atoms. The van der Waals surface area contributed by atoms with Gasteiger partial charge < -0.3 is 0 Å². The molecule has 0 aliphatic heterocycles. The molecule has 0 N–H and O–H groups in total. The van der Waals surface area contributed by atoms with Crippen LogP contribution in [0.5, 0.6) is 0 Å². The van der Waals surface area contributed by atoms with Crippen LogP contribution in [-0.4, -0.2) is 9.97 Å². The average molecular weight is 277 g/mol. The maximum Gasteiger partial charge on any atom is 0.123 e. The molecule has 0 amide bonds. The van der Waals surface area contributed by atoms with Crippen LogP contribution in [0.1, 0.15) is 16.5 Å². The lowest BCUT2D eigenvalue weighted by molar-refractivity contribution is 1.01. The van der Waals surface area contributed by atoms with Gasteiger partial charge in [0.25, 0.3) is 0 Å². The number of pyridine rings is 1. The van der Waals surface area contributed by atoms with E-state index in [4.69, 9.17) is 0 Å². The van der Waals surface area contributed by atoms with Crippen molar-refractivity contribution in [1.29, 1.82) is 5.26 Å². The Balaban J connectivity index is 1.96. The predicted molar refractivity (Wildman–Crippen MR) is 79.2 cm³/mol. The fraction of sp³-hybridized carbons (Fsp3) is 0.0625. The lowest BCUT2D eigenvalue weighted by atomic mass is 10.0. The van der Waals surface area contributed by atoms with Gasteiger partial charge in [0.05, 0.1) is 11.8 Å². The molecule has 0 fully saturated rings. The second-order valence-electron chi connectivity index (χ2n) is 4.28. The highest BCUT2D eigenvalue weighted by Gasteiger charge is 2.17. The van der Waals surface area contributed by atoms with Crippen LogP contribution in [0.15, 0.2) is 60.2 Å². The zero-order valence-electron chi connectivity index (χ0n) is 10.6. The Hall–Kier alpha value is -2.51. The first kappa shape index (κ1) is 12.5. The van der Waals surface area contributed by atoms with Crippen LogP contribution in [0.4, 0.5) is 0 Å². The van der Waals surface area contributed by atoms with E-state index >= 15 is 0 Å². The number of nitrogens with zero attached hydrogens (tertiary/aromatic N) is 3. The van der Waals surface area contributed by atoms with Crippen LogP contribution in [0.25, 0.3) is 11.3 Å². The molecule has 0 radical (unpaired) electrons. The van der Waals surface area contributed by atoms with E-state index < -0.39 is 0 Å². The summed E-state index contributed by atoms with van der Waals surface area (Å²) in [7, 11) is 0. The van der Waals surface area contributed by atoms with Gasteiger partial charge in [-0.3, -0.25) is 4.98 Å². The molecule has 0 saturated carbocycles. The highest BCUT2D eigenvalue weighted by atomic mass is 32.1. The second kappa shape index (κ2) is 5.64. The average Bonchev–Trinajstić information content (AvgIpc) is 3.00. The third-order valence-electron chi connectivity index (χ3n) is 3.01. The first-order valence-corrected chi connectivity index (χ1v) is 7.07. The number of benzene rings is 1. The predicted octanol–water partition coefficient (Wildman–Crippen LogP) is 3.86. The molecule has 1 aromatic carbocycles. The van der Waals surface area contributed by atoms with Gasteiger partial charge >= 0.3 is 0 Å². The summed E-state index contributed by atoms with van der Waals surface area (Å²) in [5.41, 5.74) is 2.89. The second-order valence-corrected chi connectivity index (χ2v) is 5.17. The van der Waals surface area contributed by atoms with Gasteiger partial charge in [-0.25, -0.2) is 4.98 Å². The normalized spacial score (nSPS) is 11.8. The molecule has 1 unspecified atom stereocenters. The monoisotopic (exact) mass is 277 g/mol. The fourth-order valence-corrected chi connectivity index (χ4v) is 2.89. The molecular weight excluding hydrogens is 266 g/mol. The van der Waals surface area contributed by atoms with E-state index in [9.17, 15) is 5.26 Å². The molecule has 0 bridgehead atoms. The number of thiazole rings is 1. The van der Waals surface area contributed by atoms with E-state index in [1.54, 1.807) is 12.4 Å². The maximum absolute atomic E-state index is 9.42. The van der Waals surface area contributed by atoms with E-state index in [2.05, 4.69) is 16.0 Å². The summed E-state index contributed by atoms with van der Waals surface area (Å²) in [6, 6.07) is 15.9. The summed E-state index contributed by atoms with van der Waals surface area (Å²) in [5.74, 6) is -0.309. The minimum Gasteiger partial charge on any atom is -0.265 e. The van der Waals surface area contributed by atoms with Crippen LogP contribution >= 0.6 is 11.3 Å². The molecule has 0 saturated heterocycles.